The summed E-state index contributed by atoms with van der Waals surface area (Å²) in [4.78, 5) is 24.6. The van der Waals surface area contributed by atoms with E-state index in [1.165, 1.54) is 152 Å². The Bertz CT molecular complexity index is 4360. The van der Waals surface area contributed by atoms with E-state index in [9.17, 15) is 0 Å². The van der Waals surface area contributed by atoms with Gasteiger partial charge in [0.25, 0.3) is 0 Å². The van der Waals surface area contributed by atoms with E-state index in [-0.39, 0.29) is 0 Å². The van der Waals surface area contributed by atoms with Gasteiger partial charge in [-0.25, -0.2) is 0 Å². The van der Waals surface area contributed by atoms with Crippen molar-refractivity contribution in [2.24, 2.45) is 0 Å². The minimum absolute atomic E-state index is 0.459. The van der Waals surface area contributed by atoms with Crippen molar-refractivity contribution in [2.45, 2.75) is 179 Å². The molecule has 1 fully saturated rings. The molecule has 1 aliphatic carbocycles. The van der Waals surface area contributed by atoms with Crippen LogP contribution in [0.5, 0.6) is 0 Å². The molecule has 0 spiro atoms. The predicted octanol–water partition coefficient (Wildman–Crippen LogP) is 32.8. The van der Waals surface area contributed by atoms with Crippen LogP contribution in [-0.2, 0) is 64.3 Å². The fourth-order valence-electron chi connectivity index (χ4n) is 13.8. The molecule has 0 saturated carbocycles. The first kappa shape index (κ1) is 107. The number of aromatic nitrogens is 3. The third kappa shape index (κ3) is 27.8. The Kier molecular flexibility index (Phi) is 46.5. The first-order valence-electron chi connectivity index (χ1n) is 42.2. The third-order valence-electron chi connectivity index (χ3n) is 20.3. The smallest absolute Gasteiger partial charge is 0.0717 e. The second-order valence-electron chi connectivity index (χ2n) is 31.0. The molecule has 9 aliphatic heterocycles. The van der Waals surface area contributed by atoms with Gasteiger partial charge in [-0.15, -0.1) is 94.1 Å². The first-order valence-corrected chi connectivity index (χ1v) is 67.6. The molecular formula is C85H113Br4N3O9S24. The van der Waals surface area contributed by atoms with E-state index in [0.29, 0.717) is 92.5 Å². The lowest BCUT2D eigenvalue weighted by Gasteiger charge is -2.33. The molecule has 0 amide bonds. The number of ether oxygens (including phenoxy) is 9. The molecular weight excluding hydrogens is 2300 g/mol. The minimum Gasteiger partial charge on any atom is -0.382 e. The zero-order valence-electron chi connectivity index (χ0n) is 72.6. The normalized spacial score (nSPS) is 21.8. The SMILES string of the molecule is CCCOCCOCCSC1=C(SCCCBr)S/C(=C2\Sc3c4[nH]c(c3S2)C(C)(C)c2[nH]c(c3c2S/C(=C2\SC(SCCCBr)=C(SCCOCCOCCC)S2)S3)C(C)(C)c2[nH]c(c3c2S/C(=C2\SC(SCCCBr)=C(SCCOCCOCCC)S2)S3)C(C)(C)C2=C3S/C(=C5\SC(SCCCBr)=C(SCCOCCOCCOC)S5)SC3=C(C2)C4(C)C)S1. The Morgan fingerprint density at radius 2 is 0.456 bits per heavy atom. The summed E-state index contributed by atoms with van der Waals surface area (Å²) in [6.45, 7) is 38.0. The number of H-pyrrole nitrogens is 3. The Hall–Kier alpha value is 5.20. The molecule has 125 heavy (non-hydrogen) atoms. The average Bonchev–Trinajstić information content (AvgIpc) is 1.53. The molecule has 8 bridgehead atoms. The van der Waals surface area contributed by atoms with E-state index in [0.717, 1.165) is 139 Å². The highest BCUT2D eigenvalue weighted by Gasteiger charge is 2.53. The minimum atomic E-state index is -0.547. The van der Waals surface area contributed by atoms with E-state index in [2.05, 4.69) is 178 Å². The number of hydrogen-bond acceptors (Lipinski definition) is 33. The summed E-state index contributed by atoms with van der Waals surface area (Å²) in [5, 5.41) is 3.95. The number of hydrogen-bond donors (Lipinski definition) is 3. The summed E-state index contributed by atoms with van der Waals surface area (Å²) in [6, 6.07) is 0. The molecule has 694 valence electrons. The van der Waals surface area contributed by atoms with Gasteiger partial charge in [-0.2, -0.15) is 0 Å². The Balaban J connectivity index is 0.936. The lowest BCUT2D eigenvalue weighted by molar-refractivity contribution is 0.0286. The Morgan fingerprint density at radius 3 is 0.688 bits per heavy atom. The number of methoxy groups -OCH3 is 1. The number of alkyl halides is 4. The number of rotatable bonds is 53. The molecule has 13 rings (SSSR count). The summed E-state index contributed by atoms with van der Waals surface area (Å²) in [5.74, 6) is 7.81. The quantitative estimate of drug-likeness (QED) is 0.0366. The van der Waals surface area contributed by atoms with Crippen molar-refractivity contribution in [3.63, 3.8) is 0 Å². The van der Waals surface area contributed by atoms with Gasteiger partial charge in [0.05, 0.1) is 160 Å². The third-order valence-corrected chi connectivity index (χ3v) is 57.6. The van der Waals surface area contributed by atoms with E-state index >= 15 is 0 Å². The highest BCUT2D eigenvalue weighted by atomic mass is 79.9. The molecule has 0 aromatic carbocycles. The molecule has 1 saturated heterocycles. The maximum atomic E-state index is 6.19. The van der Waals surface area contributed by atoms with Crippen LogP contribution in [0.25, 0.3) is 0 Å². The molecule has 12 nitrogen and oxygen atoms in total. The lowest BCUT2D eigenvalue weighted by Crippen LogP contribution is -2.28. The number of fused-ring (bicyclic) bond motifs is 18. The highest BCUT2D eigenvalue weighted by Crippen LogP contribution is 2.75. The van der Waals surface area contributed by atoms with Crippen molar-refractivity contribution in [1.29, 1.82) is 0 Å². The van der Waals surface area contributed by atoms with E-state index < -0.39 is 21.7 Å². The van der Waals surface area contributed by atoms with Crippen molar-refractivity contribution in [1.82, 2.24) is 15.0 Å². The van der Waals surface area contributed by atoms with Crippen LogP contribution < -0.4 is 0 Å². The number of thioether (sulfide) groups is 24. The van der Waals surface area contributed by atoms with Gasteiger partial charge in [-0.1, -0.05) is 300 Å². The van der Waals surface area contributed by atoms with Gasteiger partial charge in [0.15, 0.2) is 0 Å². The molecule has 0 unspecified atom stereocenters. The van der Waals surface area contributed by atoms with Crippen LogP contribution in [0, 0.1) is 0 Å². The molecule has 40 heteroatoms. The molecule has 3 aromatic heterocycles. The van der Waals surface area contributed by atoms with Crippen LogP contribution in [0.3, 0.4) is 0 Å². The van der Waals surface area contributed by atoms with E-state index in [1.54, 1.807) is 7.11 Å². The van der Waals surface area contributed by atoms with Gasteiger partial charge in [0.2, 0.25) is 0 Å². The van der Waals surface area contributed by atoms with Crippen molar-refractivity contribution in [3.05, 3.63) is 123 Å². The fourth-order valence-corrected chi connectivity index (χ4v) is 52.9. The van der Waals surface area contributed by atoms with Gasteiger partial charge in [0.1, 0.15) is 0 Å². The number of nitrogens with one attached hydrogen (secondary N) is 3. The van der Waals surface area contributed by atoms with Crippen LogP contribution in [0.4, 0.5) is 0 Å². The molecule has 3 N–H and O–H groups in total. The van der Waals surface area contributed by atoms with Crippen molar-refractivity contribution in [2.75, 3.05) is 187 Å². The number of halogens is 4. The fraction of sp³-hybridized carbons (Fsp3) is 0.624. The van der Waals surface area contributed by atoms with Crippen molar-refractivity contribution >= 4 is 346 Å². The summed E-state index contributed by atoms with van der Waals surface area (Å²) in [6.07, 6.45) is 8.33. The summed E-state index contributed by atoms with van der Waals surface area (Å²) < 4.78 is 75.5. The molecule has 12 heterocycles. The summed E-state index contributed by atoms with van der Waals surface area (Å²) >= 11 is 63.2. The topological polar surface area (TPSA) is 130 Å². The summed E-state index contributed by atoms with van der Waals surface area (Å²) in [5.41, 5.74) is 8.70. The van der Waals surface area contributed by atoms with Gasteiger partial charge in [0, 0.05) is 166 Å². The van der Waals surface area contributed by atoms with Gasteiger partial charge in [-0.3, -0.25) is 0 Å². The zero-order chi connectivity index (χ0) is 88.1. The van der Waals surface area contributed by atoms with Gasteiger partial charge in [-0.05, 0) is 113 Å². The largest absolute Gasteiger partial charge is 0.382 e. The van der Waals surface area contributed by atoms with Crippen LogP contribution in [0.2, 0.25) is 0 Å². The maximum absolute atomic E-state index is 6.19. The standard InChI is InChI=1S/C85H113Br4N3O9S24/c1-13-24-94-29-33-98-37-45-107-71-67(103-42-17-21-87)119-79(123-71)75-112-54-56(114-75)62-84(8,9)64-58-59(117-77(116-58)81-121-69(105-44-19-23-89)73(125-81)109-47-39-100-35-31-96-26-15-3)65(92-64)85(10,11)63-57-55(113-76(115-57)80-120-68(104-43-18-22-88)72(124-80)108-46-38-99-34-30-95-25-14-2)61(91-63)83(6,7)51-49-50(82(4,5)60(54)90-62)52-53(51)111-74(110-52)78-118-66(102-41-16-20-86)70(122-78)106-48-40-101-36-32-97-28-27-93-12/h90-92H,13-49H2,1-12H3/b78-74-,79-75+,80-76-,81-77+. The lowest BCUT2D eigenvalue weighted by atomic mass is 9.75. The second kappa shape index (κ2) is 54.1. The first-order chi connectivity index (χ1) is 60.7. The van der Waals surface area contributed by atoms with Gasteiger partial charge >= 0.3 is 0 Å². The van der Waals surface area contributed by atoms with E-state index in [1.807, 2.05) is 259 Å². The maximum Gasteiger partial charge on any atom is 0.0717 e. The number of aromatic amines is 3. The average molecular weight is 2410 g/mol. The molecule has 0 atom stereocenters. The molecule has 3 aromatic rings. The van der Waals surface area contributed by atoms with Crippen LogP contribution in [0.1, 0.15) is 162 Å². The zero-order valence-corrected chi connectivity index (χ0v) is 98.6. The van der Waals surface area contributed by atoms with Crippen LogP contribution >= 0.6 is 346 Å². The predicted molar refractivity (Wildman–Crippen MR) is 601 cm³/mol. The van der Waals surface area contributed by atoms with Crippen LogP contribution in [0.15, 0.2) is 118 Å². The summed E-state index contributed by atoms with van der Waals surface area (Å²) in [7, 11) is 1.71. The number of allylic oxidation sites excluding steroid dienone is 2. The molecule has 10 aliphatic rings. The Labute approximate surface area is 879 Å². The monoisotopic (exact) mass is 2400 g/mol. The van der Waals surface area contributed by atoms with Crippen LogP contribution in [-0.4, -0.2) is 202 Å². The Morgan fingerprint density at radius 1 is 0.256 bits per heavy atom. The van der Waals surface area contributed by atoms with Crippen molar-refractivity contribution < 1.29 is 42.6 Å². The second-order valence-corrected chi connectivity index (χ2v) is 63.5. The van der Waals surface area contributed by atoms with E-state index in [4.69, 9.17) is 42.6 Å². The molecule has 0 radical (unpaired) electrons. The van der Waals surface area contributed by atoms with Gasteiger partial charge < -0.3 is 57.6 Å². The van der Waals surface area contributed by atoms with Crippen molar-refractivity contribution in [3.8, 4) is 0 Å². The highest BCUT2D eigenvalue weighted by molar-refractivity contribution is 9.09.